The monoisotopic (exact) mass is 102 g/mol. The van der Waals surface area contributed by atoms with E-state index in [1.165, 1.54) is 0 Å². The zero-order valence-corrected chi connectivity index (χ0v) is 4.39. The molecule has 2 heteroatoms. The smallest absolute Gasteiger partial charge is 0.117 e. The van der Waals surface area contributed by atoms with Crippen LogP contribution in [0.3, 0.4) is 0 Å². The number of halogens is 1. The van der Waals surface area contributed by atoms with Gasteiger partial charge in [0.2, 0.25) is 0 Å². The number of nitrogens with zero attached hydrogens (tertiary/aromatic N) is 1. The van der Waals surface area contributed by atoms with Gasteiger partial charge in [0, 0.05) is 19.5 Å². The van der Waals surface area contributed by atoms with Gasteiger partial charge in [0.15, 0.2) is 0 Å². The molecule has 0 N–H and O–H groups in total. The Hall–Kier alpha value is -0.110. The minimum Gasteiger partial charge on any atom is -0.303 e. The molecule has 0 bridgehead atoms. The van der Waals surface area contributed by atoms with Crippen molar-refractivity contribution in [3.05, 3.63) is 6.42 Å². The van der Waals surface area contributed by atoms with Crippen LogP contribution in [0, 0.1) is 6.42 Å². The van der Waals surface area contributed by atoms with Gasteiger partial charge in [-0.1, -0.05) is 0 Å². The van der Waals surface area contributed by atoms with Gasteiger partial charge in [-0.05, 0) is 7.05 Å². The van der Waals surface area contributed by atoms with Gasteiger partial charge in [-0.25, -0.2) is 4.39 Å². The highest BCUT2D eigenvalue weighted by molar-refractivity contribution is 4.88. The molecule has 1 atom stereocenters. The Morgan fingerprint density at radius 2 is 2.57 bits per heavy atom. The van der Waals surface area contributed by atoms with E-state index in [1.807, 2.05) is 11.9 Å². The van der Waals surface area contributed by atoms with Gasteiger partial charge in [0.05, 0.1) is 0 Å². The minimum absolute atomic E-state index is 0.583. The van der Waals surface area contributed by atoms with Crippen LogP contribution in [0.25, 0.3) is 0 Å². The second kappa shape index (κ2) is 1.78. The van der Waals surface area contributed by atoms with Gasteiger partial charge >= 0.3 is 0 Å². The molecule has 1 aliphatic heterocycles. The predicted molar refractivity (Wildman–Crippen MR) is 26.7 cm³/mol. The molecular weight excluding hydrogens is 93.1 g/mol. The normalized spacial score (nSPS) is 34.3. The van der Waals surface area contributed by atoms with Crippen LogP contribution >= 0.6 is 0 Å². The quantitative estimate of drug-likeness (QED) is 0.430. The SMILES string of the molecule is CN1C[CH]C(F)C1. The number of hydrogen-bond acceptors (Lipinski definition) is 1. The highest BCUT2D eigenvalue weighted by Crippen LogP contribution is 2.07. The van der Waals surface area contributed by atoms with Gasteiger partial charge in [0.1, 0.15) is 6.17 Å². The van der Waals surface area contributed by atoms with Crippen LogP contribution in [-0.4, -0.2) is 31.2 Å². The van der Waals surface area contributed by atoms with Crippen LogP contribution in [-0.2, 0) is 0 Å². The topological polar surface area (TPSA) is 3.24 Å². The van der Waals surface area contributed by atoms with Crippen LogP contribution < -0.4 is 0 Å². The van der Waals surface area contributed by atoms with Crippen LogP contribution in [0.1, 0.15) is 0 Å². The Morgan fingerprint density at radius 1 is 1.86 bits per heavy atom. The third-order valence-electron chi connectivity index (χ3n) is 1.16. The van der Waals surface area contributed by atoms with Crippen molar-refractivity contribution in [3.8, 4) is 0 Å². The summed E-state index contributed by atoms with van der Waals surface area (Å²) in [6.45, 7) is 1.39. The Labute approximate surface area is 43.1 Å². The van der Waals surface area contributed by atoms with Crippen LogP contribution in [0.15, 0.2) is 0 Å². The maximum absolute atomic E-state index is 12.1. The van der Waals surface area contributed by atoms with Crippen molar-refractivity contribution in [1.29, 1.82) is 0 Å². The minimum atomic E-state index is -0.676. The molecule has 1 fully saturated rings. The molecule has 0 spiro atoms. The Balaban J connectivity index is 2.26. The molecule has 7 heavy (non-hydrogen) atoms. The van der Waals surface area contributed by atoms with Crippen molar-refractivity contribution in [1.82, 2.24) is 4.90 Å². The van der Waals surface area contributed by atoms with E-state index in [2.05, 4.69) is 0 Å². The summed E-state index contributed by atoms with van der Waals surface area (Å²) in [5.74, 6) is 0. The molecule has 0 amide bonds. The fourth-order valence-electron chi connectivity index (χ4n) is 0.741. The molecule has 1 aliphatic rings. The summed E-state index contributed by atoms with van der Waals surface area (Å²) in [5, 5.41) is 0. The first-order valence-corrected chi connectivity index (χ1v) is 2.45. The molecular formula is C5H9FN. The Kier molecular flexibility index (Phi) is 1.28. The first kappa shape index (κ1) is 5.04. The van der Waals surface area contributed by atoms with E-state index >= 15 is 0 Å². The average Bonchev–Trinajstić information content (AvgIpc) is 1.87. The first-order chi connectivity index (χ1) is 3.29. The zero-order chi connectivity index (χ0) is 5.28. The van der Waals surface area contributed by atoms with E-state index in [0.29, 0.717) is 6.54 Å². The molecule has 1 radical (unpaired) electrons. The second-order valence-electron chi connectivity index (χ2n) is 1.97. The Morgan fingerprint density at radius 3 is 2.71 bits per heavy atom. The molecule has 1 unspecified atom stereocenters. The van der Waals surface area contributed by atoms with E-state index in [1.54, 1.807) is 6.42 Å². The summed E-state index contributed by atoms with van der Waals surface area (Å²) < 4.78 is 12.1. The highest BCUT2D eigenvalue weighted by atomic mass is 19.1. The summed E-state index contributed by atoms with van der Waals surface area (Å²) >= 11 is 0. The summed E-state index contributed by atoms with van der Waals surface area (Å²) in [6, 6.07) is 0. The third-order valence-corrected chi connectivity index (χ3v) is 1.16. The van der Waals surface area contributed by atoms with Crippen molar-refractivity contribution >= 4 is 0 Å². The second-order valence-corrected chi connectivity index (χ2v) is 1.97. The molecule has 1 saturated heterocycles. The van der Waals surface area contributed by atoms with Gasteiger partial charge in [-0.3, -0.25) is 0 Å². The molecule has 0 aromatic heterocycles. The first-order valence-electron chi connectivity index (χ1n) is 2.45. The lowest BCUT2D eigenvalue weighted by molar-refractivity contribution is 0.331. The van der Waals surface area contributed by atoms with Crippen molar-refractivity contribution < 1.29 is 4.39 Å². The summed E-state index contributed by atoms with van der Waals surface area (Å²) in [4.78, 5) is 1.95. The molecule has 0 saturated carbocycles. The van der Waals surface area contributed by atoms with Crippen LogP contribution in [0.5, 0.6) is 0 Å². The van der Waals surface area contributed by atoms with E-state index < -0.39 is 6.17 Å². The van der Waals surface area contributed by atoms with Crippen LogP contribution in [0.4, 0.5) is 4.39 Å². The lowest BCUT2D eigenvalue weighted by Crippen LogP contribution is -2.13. The zero-order valence-electron chi connectivity index (χ0n) is 4.39. The molecule has 41 valence electrons. The van der Waals surface area contributed by atoms with E-state index in [4.69, 9.17) is 0 Å². The van der Waals surface area contributed by atoms with Crippen molar-refractivity contribution in [2.75, 3.05) is 20.1 Å². The number of hydrogen-bond donors (Lipinski definition) is 0. The fraction of sp³-hybridized carbons (Fsp3) is 0.800. The molecule has 1 rings (SSSR count). The molecule has 1 heterocycles. The fourth-order valence-corrected chi connectivity index (χ4v) is 0.741. The van der Waals surface area contributed by atoms with Gasteiger partial charge in [-0.2, -0.15) is 0 Å². The van der Waals surface area contributed by atoms with E-state index in [9.17, 15) is 4.39 Å². The van der Waals surface area contributed by atoms with Gasteiger partial charge in [0.25, 0.3) is 0 Å². The molecule has 0 aromatic rings. The van der Waals surface area contributed by atoms with Gasteiger partial charge < -0.3 is 4.90 Å². The molecule has 0 aromatic carbocycles. The molecule has 0 aliphatic carbocycles. The summed E-state index contributed by atoms with van der Waals surface area (Å²) in [6.07, 6.45) is 1.00. The number of likely N-dealkylation sites (tertiary alicyclic amines) is 1. The predicted octanol–water partition coefficient (Wildman–Crippen LogP) is 0.474. The van der Waals surface area contributed by atoms with E-state index in [-0.39, 0.29) is 0 Å². The van der Waals surface area contributed by atoms with Crippen molar-refractivity contribution in [2.45, 2.75) is 6.17 Å². The van der Waals surface area contributed by atoms with Crippen LogP contribution in [0.2, 0.25) is 0 Å². The maximum atomic E-state index is 12.1. The third kappa shape index (κ3) is 1.13. The lowest BCUT2D eigenvalue weighted by atomic mass is 10.4. The Bertz CT molecular complexity index is 57.1. The summed E-state index contributed by atoms with van der Waals surface area (Å²) in [7, 11) is 1.91. The average molecular weight is 102 g/mol. The maximum Gasteiger partial charge on any atom is 0.117 e. The number of alkyl halides is 1. The van der Waals surface area contributed by atoms with E-state index in [0.717, 1.165) is 6.54 Å². The highest BCUT2D eigenvalue weighted by Gasteiger charge is 2.17. The standard InChI is InChI=1S/C5H9FN/c1-7-3-2-5(6)4-7/h2,5H,3-4H2,1H3. The number of rotatable bonds is 0. The van der Waals surface area contributed by atoms with Crippen molar-refractivity contribution in [3.63, 3.8) is 0 Å². The van der Waals surface area contributed by atoms with Crippen molar-refractivity contribution in [2.24, 2.45) is 0 Å². The largest absolute Gasteiger partial charge is 0.303 e. The molecule has 1 nitrogen and oxygen atoms in total. The summed E-state index contributed by atoms with van der Waals surface area (Å²) in [5.41, 5.74) is 0. The lowest BCUT2D eigenvalue weighted by Gasteiger charge is -2.01. The van der Waals surface area contributed by atoms with Gasteiger partial charge in [-0.15, -0.1) is 0 Å².